The van der Waals surface area contributed by atoms with Gasteiger partial charge in [-0.15, -0.1) is 11.3 Å². The first kappa shape index (κ1) is 19.0. The zero-order chi connectivity index (χ0) is 18.9. The quantitative estimate of drug-likeness (QED) is 0.813. The summed E-state index contributed by atoms with van der Waals surface area (Å²) in [5.41, 5.74) is 0.0997. The van der Waals surface area contributed by atoms with Crippen molar-refractivity contribution in [2.24, 2.45) is 0 Å². The van der Waals surface area contributed by atoms with Crippen LogP contribution in [-0.2, 0) is 20.4 Å². The van der Waals surface area contributed by atoms with Gasteiger partial charge in [0.05, 0.1) is 24.5 Å². The Morgan fingerprint density at radius 2 is 2.00 bits per heavy atom. The molecule has 3 rings (SSSR count). The third kappa shape index (κ3) is 3.54. The molecule has 0 unspecified atom stereocenters. The minimum atomic E-state index is -3.53. The Hall–Kier alpha value is -1.76. The number of thiophene rings is 1. The number of benzene rings is 1. The number of ether oxygens (including phenoxy) is 1. The molecule has 0 spiro atoms. The average molecular weight is 393 g/mol. The van der Waals surface area contributed by atoms with Crippen molar-refractivity contribution in [1.29, 1.82) is 5.26 Å². The van der Waals surface area contributed by atoms with Crippen molar-refractivity contribution >= 4 is 21.4 Å². The highest BCUT2D eigenvalue weighted by Crippen LogP contribution is 2.34. The number of hydrogen-bond donors (Lipinski definition) is 2. The predicted molar refractivity (Wildman–Crippen MR) is 100 cm³/mol. The monoisotopic (exact) mass is 392 g/mol. The molecule has 1 aliphatic rings. The lowest BCUT2D eigenvalue weighted by molar-refractivity contribution is 0.0121. The van der Waals surface area contributed by atoms with Crippen LogP contribution in [0.15, 0.2) is 36.4 Å². The molecule has 1 aromatic carbocycles. The second-order valence-corrected chi connectivity index (χ2v) is 9.91. The number of sulfonamides is 1. The molecule has 1 aliphatic heterocycles. The van der Waals surface area contributed by atoms with Gasteiger partial charge >= 0.3 is 0 Å². The van der Waals surface area contributed by atoms with Crippen molar-refractivity contribution in [2.75, 3.05) is 13.2 Å². The van der Waals surface area contributed by atoms with Gasteiger partial charge < -0.3 is 9.84 Å². The Morgan fingerprint density at radius 3 is 2.58 bits per heavy atom. The zero-order valence-corrected chi connectivity index (χ0v) is 16.1. The fourth-order valence-electron chi connectivity index (χ4n) is 2.80. The van der Waals surface area contributed by atoms with Gasteiger partial charge in [-0.2, -0.15) is 5.26 Å². The van der Waals surface area contributed by atoms with Gasteiger partial charge in [0.25, 0.3) is 0 Å². The summed E-state index contributed by atoms with van der Waals surface area (Å²) in [6.07, 6.45) is 0. The minimum Gasteiger partial charge on any atom is -0.381 e. The summed E-state index contributed by atoms with van der Waals surface area (Å²) in [5, 5.41) is 19.4. The molecular weight excluding hydrogens is 372 g/mol. The minimum absolute atomic E-state index is 0.0230. The smallest absolute Gasteiger partial charge is 0.214 e. The van der Waals surface area contributed by atoms with E-state index in [0.29, 0.717) is 10.4 Å². The van der Waals surface area contributed by atoms with Gasteiger partial charge in [-0.1, -0.05) is 24.3 Å². The summed E-state index contributed by atoms with van der Waals surface area (Å²) in [5.74, 6) is 0. The summed E-state index contributed by atoms with van der Waals surface area (Å²) >= 11 is 1.39. The van der Waals surface area contributed by atoms with E-state index in [9.17, 15) is 13.5 Å². The van der Waals surface area contributed by atoms with Crippen LogP contribution in [0.25, 0.3) is 10.4 Å². The van der Waals surface area contributed by atoms with Crippen LogP contribution in [0.2, 0.25) is 0 Å². The molecule has 26 heavy (non-hydrogen) atoms. The number of rotatable bonds is 5. The van der Waals surface area contributed by atoms with Crippen molar-refractivity contribution in [2.45, 2.75) is 30.7 Å². The lowest BCUT2D eigenvalue weighted by Crippen LogP contribution is -2.51. The van der Waals surface area contributed by atoms with Crippen LogP contribution in [0.1, 0.15) is 24.3 Å². The molecule has 2 heterocycles. The van der Waals surface area contributed by atoms with E-state index in [-0.39, 0.29) is 13.2 Å². The zero-order valence-electron chi connectivity index (χ0n) is 14.5. The highest BCUT2D eigenvalue weighted by molar-refractivity contribution is 7.90. The maximum absolute atomic E-state index is 12.2. The van der Waals surface area contributed by atoms with Crippen molar-refractivity contribution < 1.29 is 18.3 Å². The van der Waals surface area contributed by atoms with Gasteiger partial charge in [0, 0.05) is 4.88 Å². The van der Waals surface area contributed by atoms with E-state index in [1.54, 1.807) is 32.0 Å². The van der Waals surface area contributed by atoms with E-state index in [0.717, 1.165) is 10.4 Å². The summed E-state index contributed by atoms with van der Waals surface area (Å²) in [7, 11) is -3.53. The van der Waals surface area contributed by atoms with Crippen LogP contribution in [0.4, 0.5) is 0 Å². The molecule has 0 bridgehead atoms. The fourth-order valence-corrected chi connectivity index (χ4v) is 4.54. The van der Waals surface area contributed by atoms with E-state index in [2.05, 4.69) is 10.8 Å². The first-order valence-corrected chi connectivity index (χ1v) is 10.5. The van der Waals surface area contributed by atoms with E-state index < -0.39 is 26.9 Å². The fraction of sp³-hybridized carbons (Fsp3) is 0.389. The molecule has 1 aromatic heterocycles. The maximum Gasteiger partial charge on any atom is 0.214 e. The van der Waals surface area contributed by atoms with Gasteiger partial charge in [-0.3, -0.25) is 0 Å². The Morgan fingerprint density at radius 1 is 1.31 bits per heavy atom. The van der Waals surface area contributed by atoms with Gasteiger partial charge in [-0.05, 0) is 37.1 Å². The highest BCUT2D eigenvalue weighted by Gasteiger charge is 2.46. The largest absolute Gasteiger partial charge is 0.381 e. The molecule has 0 amide bonds. The summed E-state index contributed by atoms with van der Waals surface area (Å²) < 4.78 is 32.3. The van der Waals surface area contributed by atoms with Crippen LogP contribution in [0.5, 0.6) is 0 Å². The van der Waals surface area contributed by atoms with Crippen LogP contribution < -0.4 is 4.72 Å². The van der Waals surface area contributed by atoms with E-state index in [1.165, 1.54) is 11.3 Å². The molecular formula is C18H20N2O4S2. The SMILES string of the molecule is CC(C)S(=O)(=O)N[C@H]1COC[C@]1(O)c1ccc(-c2ccc(C#N)s2)cc1. The molecule has 1 fully saturated rings. The van der Waals surface area contributed by atoms with Crippen molar-refractivity contribution in [3.8, 4) is 16.5 Å². The molecule has 138 valence electrons. The number of hydrogen-bond acceptors (Lipinski definition) is 6. The molecule has 8 heteroatoms. The summed E-state index contributed by atoms with van der Waals surface area (Å²) in [4.78, 5) is 1.59. The third-order valence-corrected chi connectivity index (χ3v) is 7.39. The summed E-state index contributed by atoms with van der Waals surface area (Å²) in [6, 6.07) is 12.3. The lowest BCUT2D eigenvalue weighted by atomic mass is 9.89. The van der Waals surface area contributed by atoms with Gasteiger partial charge in [0.15, 0.2) is 0 Å². The Kier molecular flexibility index (Phi) is 5.19. The Bertz CT molecular complexity index is 929. The topological polar surface area (TPSA) is 99.4 Å². The Labute approximate surface area is 157 Å². The van der Waals surface area contributed by atoms with Gasteiger partial charge in [0.2, 0.25) is 10.0 Å². The molecule has 0 saturated carbocycles. The van der Waals surface area contributed by atoms with Crippen LogP contribution in [-0.4, -0.2) is 38.0 Å². The highest BCUT2D eigenvalue weighted by atomic mass is 32.2. The van der Waals surface area contributed by atoms with E-state index in [4.69, 9.17) is 10.00 Å². The predicted octanol–water partition coefficient (Wildman–Crippen LogP) is 2.20. The van der Waals surface area contributed by atoms with Crippen LogP contribution in [0, 0.1) is 11.3 Å². The number of aliphatic hydroxyl groups is 1. The lowest BCUT2D eigenvalue weighted by Gasteiger charge is -2.29. The third-order valence-electron chi connectivity index (χ3n) is 4.50. The first-order valence-electron chi connectivity index (χ1n) is 8.18. The van der Waals surface area contributed by atoms with Gasteiger partial charge in [-0.25, -0.2) is 13.1 Å². The van der Waals surface area contributed by atoms with Crippen LogP contribution in [0.3, 0.4) is 0 Å². The van der Waals surface area contributed by atoms with E-state index >= 15 is 0 Å². The molecule has 0 radical (unpaired) electrons. The molecule has 0 aliphatic carbocycles. The van der Waals surface area contributed by atoms with Crippen molar-refractivity contribution in [3.05, 3.63) is 46.8 Å². The normalized spacial score (nSPS) is 23.3. The molecule has 2 aromatic rings. The first-order chi connectivity index (χ1) is 12.3. The molecule has 2 N–H and O–H groups in total. The van der Waals surface area contributed by atoms with Crippen molar-refractivity contribution in [1.82, 2.24) is 4.72 Å². The number of nitrogens with zero attached hydrogens (tertiary/aromatic N) is 1. The standard InChI is InChI=1S/C18H20N2O4S2/c1-12(2)26(22,23)20-17-10-24-11-18(17,21)14-5-3-13(4-6-14)16-8-7-15(9-19)25-16/h3-8,12,17,20-21H,10-11H2,1-2H3/t17-,18-/m0/s1. The van der Waals surface area contributed by atoms with Crippen LogP contribution >= 0.6 is 11.3 Å². The second-order valence-electron chi connectivity index (χ2n) is 6.56. The molecule has 2 atom stereocenters. The molecule has 1 saturated heterocycles. The maximum atomic E-state index is 12.2. The van der Waals surface area contributed by atoms with Crippen molar-refractivity contribution in [3.63, 3.8) is 0 Å². The van der Waals surface area contributed by atoms with E-state index in [1.807, 2.05) is 18.2 Å². The Balaban J connectivity index is 1.86. The summed E-state index contributed by atoms with van der Waals surface area (Å²) in [6.45, 7) is 3.31. The number of nitrogens with one attached hydrogen (secondary N) is 1. The average Bonchev–Trinajstić information content (AvgIpc) is 3.23. The number of nitriles is 1. The second kappa shape index (κ2) is 7.10. The van der Waals surface area contributed by atoms with Gasteiger partial charge in [0.1, 0.15) is 16.5 Å². The molecule has 6 nitrogen and oxygen atoms in total.